The van der Waals surface area contributed by atoms with Crippen molar-refractivity contribution < 1.29 is 0 Å². The number of hydrogen-bond acceptors (Lipinski definition) is 3. The van der Waals surface area contributed by atoms with Crippen LogP contribution in [-0.4, -0.2) is 9.78 Å². The van der Waals surface area contributed by atoms with Crippen molar-refractivity contribution in [3.63, 3.8) is 0 Å². The largest absolute Gasteiger partial charge is 0.268 e. The summed E-state index contributed by atoms with van der Waals surface area (Å²) in [7, 11) is 0. The fraction of sp³-hybridized carbons (Fsp3) is 0.0556. The molecular formula is C18H13N3O. The van der Waals surface area contributed by atoms with E-state index in [9.17, 15) is 4.79 Å². The van der Waals surface area contributed by atoms with Gasteiger partial charge in [-0.05, 0) is 17.7 Å². The molecule has 4 heteroatoms. The molecule has 0 aliphatic rings. The van der Waals surface area contributed by atoms with Gasteiger partial charge in [0.25, 0.3) is 5.56 Å². The van der Waals surface area contributed by atoms with Crippen LogP contribution in [0.4, 0.5) is 0 Å². The maximum absolute atomic E-state index is 12.0. The van der Waals surface area contributed by atoms with Crippen molar-refractivity contribution in [2.75, 3.05) is 0 Å². The number of nitrogens with zero attached hydrogens (tertiary/aromatic N) is 3. The van der Waals surface area contributed by atoms with Crippen molar-refractivity contribution >= 4 is 0 Å². The molecular weight excluding hydrogens is 274 g/mol. The summed E-state index contributed by atoms with van der Waals surface area (Å²) in [5, 5.41) is 13.5. The second-order valence-electron chi connectivity index (χ2n) is 4.85. The lowest BCUT2D eigenvalue weighted by Gasteiger charge is -2.08. The first-order valence-electron chi connectivity index (χ1n) is 6.89. The van der Waals surface area contributed by atoms with Crippen molar-refractivity contribution in [1.82, 2.24) is 9.78 Å². The molecule has 22 heavy (non-hydrogen) atoms. The van der Waals surface area contributed by atoms with Crippen LogP contribution < -0.4 is 5.56 Å². The predicted molar refractivity (Wildman–Crippen MR) is 84.2 cm³/mol. The van der Waals surface area contributed by atoms with Crippen LogP contribution in [0, 0.1) is 11.3 Å². The maximum Gasteiger partial charge on any atom is 0.267 e. The summed E-state index contributed by atoms with van der Waals surface area (Å²) in [5.41, 5.74) is 2.83. The molecule has 0 radical (unpaired) electrons. The number of hydrogen-bond donors (Lipinski definition) is 0. The Labute approximate surface area is 127 Å². The quantitative estimate of drug-likeness (QED) is 0.744. The lowest BCUT2D eigenvalue weighted by molar-refractivity contribution is 0.642. The molecule has 0 unspecified atom stereocenters. The standard InChI is InChI=1S/C18H13N3O/c19-12-15-8-4-5-9-16(15)13-21-18(22)11-10-17(20-21)14-6-2-1-3-7-14/h1-11H,13H2. The predicted octanol–water partition coefficient (Wildman–Crippen LogP) is 2.83. The van der Waals surface area contributed by atoms with Gasteiger partial charge in [0, 0.05) is 11.6 Å². The Hall–Kier alpha value is -3.19. The first-order chi connectivity index (χ1) is 10.8. The molecule has 106 valence electrons. The van der Waals surface area contributed by atoms with Gasteiger partial charge in [-0.15, -0.1) is 0 Å². The minimum Gasteiger partial charge on any atom is -0.268 e. The van der Waals surface area contributed by atoms with E-state index in [1.165, 1.54) is 10.7 Å². The number of rotatable bonds is 3. The van der Waals surface area contributed by atoms with Gasteiger partial charge in [0.1, 0.15) is 0 Å². The molecule has 2 aromatic carbocycles. The van der Waals surface area contributed by atoms with E-state index in [0.29, 0.717) is 5.56 Å². The van der Waals surface area contributed by atoms with Gasteiger partial charge in [-0.1, -0.05) is 48.5 Å². The fourth-order valence-electron chi connectivity index (χ4n) is 2.25. The molecule has 0 amide bonds. The molecule has 0 saturated heterocycles. The summed E-state index contributed by atoms with van der Waals surface area (Å²) >= 11 is 0. The van der Waals surface area contributed by atoms with Gasteiger partial charge >= 0.3 is 0 Å². The molecule has 4 nitrogen and oxygen atoms in total. The van der Waals surface area contributed by atoms with Crippen LogP contribution in [0.15, 0.2) is 71.5 Å². The van der Waals surface area contributed by atoms with Crippen molar-refractivity contribution in [3.05, 3.63) is 88.2 Å². The van der Waals surface area contributed by atoms with E-state index in [0.717, 1.165) is 16.8 Å². The van der Waals surface area contributed by atoms with E-state index in [1.807, 2.05) is 42.5 Å². The zero-order valence-electron chi connectivity index (χ0n) is 11.8. The highest BCUT2D eigenvalue weighted by molar-refractivity contribution is 5.57. The van der Waals surface area contributed by atoms with E-state index in [2.05, 4.69) is 11.2 Å². The zero-order chi connectivity index (χ0) is 15.4. The third-order valence-corrected chi connectivity index (χ3v) is 3.39. The SMILES string of the molecule is N#Cc1ccccc1Cn1nc(-c2ccccc2)ccc1=O. The Balaban J connectivity index is 2.01. The summed E-state index contributed by atoms with van der Waals surface area (Å²) < 4.78 is 1.39. The molecule has 1 heterocycles. The number of benzene rings is 2. The number of aromatic nitrogens is 2. The van der Waals surface area contributed by atoms with E-state index >= 15 is 0 Å². The van der Waals surface area contributed by atoms with Crippen molar-refractivity contribution in [1.29, 1.82) is 5.26 Å². The van der Waals surface area contributed by atoms with Crippen LogP contribution in [0.2, 0.25) is 0 Å². The van der Waals surface area contributed by atoms with Crippen LogP contribution >= 0.6 is 0 Å². The van der Waals surface area contributed by atoms with Gasteiger partial charge in [-0.3, -0.25) is 4.79 Å². The number of nitriles is 1. The third-order valence-electron chi connectivity index (χ3n) is 3.39. The Morgan fingerprint density at radius 3 is 2.45 bits per heavy atom. The normalized spacial score (nSPS) is 10.1. The minimum absolute atomic E-state index is 0.188. The Morgan fingerprint density at radius 2 is 1.68 bits per heavy atom. The maximum atomic E-state index is 12.0. The monoisotopic (exact) mass is 287 g/mol. The highest BCUT2D eigenvalue weighted by Crippen LogP contribution is 2.15. The zero-order valence-corrected chi connectivity index (χ0v) is 11.8. The molecule has 0 bridgehead atoms. The lowest BCUT2D eigenvalue weighted by atomic mass is 10.1. The highest BCUT2D eigenvalue weighted by atomic mass is 16.1. The molecule has 0 saturated carbocycles. The summed E-state index contributed by atoms with van der Waals surface area (Å²) in [6.07, 6.45) is 0. The van der Waals surface area contributed by atoms with E-state index < -0.39 is 0 Å². The van der Waals surface area contributed by atoms with Gasteiger partial charge in [0.2, 0.25) is 0 Å². The first kappa shape index (κ1) is 13.8. The summed E-state index contributed by atoms with van der Waals surface area (Å²) in [6, 6.07) is 22.3. The molecule has 1 aromatic heterocycles. The molecule has 0 spiro atoms. The van der Waals surface area contributed by atoms with Crippen molar-refractivity contribution in [2.24, 2.45) is 0 Å². The molecule has 0 atom stereocenters. The average molecular weight is 287 g/mol. The van der Waals surface area contributed by atoms with E-state index in [1.54, 1.807) is 18.2 Å². The average Bonchev–Trinajstić information content (AvgIpc) is 2.58. The van der Waals surface area contributed by atoms with Crippen LogP contribution in [0.3, 0.4) is 0 Å². The van der Waals surface area contributed by atoms with Crippen molar-refractivity contribution in [3.8, 4) is 17.3 Å². The fourth-order valence-corrected chi connectivity index (χ4v) is 2.25. The Morgan fingerprint density at radius 1 is 0.955 bits per heavy atom. The van der Waals surface area contributed by atoms with Crippen LogP contribution in [-0.2, 0) is 6.54 Å². The van der Waals surface area contributed by atoms with Crippen LogP contribution in [0.25, 0.3) is 11.3 Å². The third kappa shape index (κ3) is 2.79. The van der Waals surface area contributed by atoms with Gasteiger partial charge < -0.3 is 0 Å². The van der Waals surface area contributed by atoms with Crippen LogP contribution in [0.5, 0.6) is 0 Å². The molecule has 0 fully saturated rings. The Bertz CT molecular complexity index is 892. The second kappa shape index (κ2) is 6.06. The summed E-state index contributed by atoms with van der Waals surface area (Å²) in [5.74, 6) is 0. The van der Waals surface area contributed by atoms with Gasteiger partial charge in [0.15, 0.2) is 0 Å². The van der Waals surface area contributed by atoms with E-state index in [4.69, 9.17) is 5.26 Å². The van der Waals surface area contributed by atoms with E-state index in [-0.39, 0.29) is 12.1 Å². The Kier molecular flexibility index (Phi) is 3.80. The van der Waals surface area contributed by atoms with Crippen LogP contribution in [0.1, 0.15) is 11.1 Å². The smallest absolute Gasteiger partial charge is 0.267 e. The lowest BCUT2D eigenvalue weighted by Crippen LogP contribution is -2.23. The highest BCUT2D eigenvalue weighted by Gasteiger charge is 2.06. The van der Waals surface area contributed by atoms with Gasteiger partial charge in [-0.2, -0.15) is 10.4 Å². The van der Waals surface area contributed by atoms with Crippen molar-refractivity contribution in [2.45, 2.75) is 6.54 Å². The topological polar surface area (TPSA) is 58.7 Å². The molecule has 3 aromatic rings. The summed E-state index contributed by atoms with van der Waals surface area (Å²) in [4.78, 5) is 12.0. The van der Waals surface area contributed by atoms with Gasteiger partial charge in [-0.25, -0.2) is 4.68 Å². The second-order valence-corrected chi connectivity index (χ2v) is 4.85. The molecule has 0 aliphatic heterocycles. The summed E-state index contributed by atoms with van der Waals surface area (Å²) in [6.45, 7) is 0.281. The van der Waals surface area contributed by atoms with Gasteiger partial charge in [0.05, 0.1) is 23.9 Å². The minimum atomic E-state index is -0.188. The molecule has 0 aliphatic carbocycles. The molecule has 0 N–H and O–H groups in total. The first-order valence-corrected chi connectivity index (χ1v) is 6.89. The molecule has 3 rings (SSSR count).